The molecule has 1 aromatic carbocycles. The molecule has 1 aliphatic rings. The number of para-hydroxylation sites is 1. The zero-order valence-corrected chi connectivity index (χ0v) is 11.1. The van der Waals surface area contributed by atoms with Crippen LogP contribution in [-0.2, 0) is 9.53 Å². The molecule has 1 aromatic rings. The topological polar surface area (TPSA) is 47.6 Å². The highest BCUT2D eigenvalue weighted by Crippen LogP contribution is 2.14. The van der Waals surface area contributed by atoms with Crippen molar-refractivity contribution in [2.45, 2.75) is 31.8 Å². The summed E-state index contributed by atoms with van der Waals surface area (Å²) in [5, 5.41) is 2.90. The summed E-state index contributed by atoms with van der Waals surface area (Å²) in [6.07, 6.45) is 3.89. The van der Waals surface area contributed by atoms with Crippen LogP contribution in [-0.4, -0.2) is 31.8 Å². The van der Waals surface area contributed by atoms with Crippen molar-refractivity contribution in [2.24, 2.45) is 0 Å². The standard InChI is InChI=1S/C15H21NO3/c17-15(16-10-8-14-7-4-11-18-14)9-12-19-13-5-2-1-3-6-13/h1-3,5-6,14H,4,7-12H2,(H,16,17). The van der Waals surface area contributed by atoms with Crippen molar-refractivity contribution in [1.82, 2.24) is 5.32 Å². The van der Waals surface area contributed by atoms with E-state index in [4.69, 9.17) is 9.47 Å². The van der Waals surface area contributed by atoms with E-state index in [9.17, 15) is 4.79 Å². The Labute approximate surface area is 114 Å². The summed E-state index contributed by atoms with van der Waals surface area (Å²) in [7, 11) is 0. The van der Waals surface area contributed by atoms with E-state index in [1.807, 2.05) is 30.3 Å². The molecule has 1 fully saturated rings. The Morgan fingerprint density at radius 2 is 2.21 bits per heavy atom. The first-order valence-electron chi connectivity index (χ1n) is 6.91. The number of carbonyl (C=O) groups excluding carboxylic acids is 1. The fraction of sp³-hybridized carbons (Fsp3) is 0.533. The highest BCUT2D eigenvalue weighted by molar-refractivity contribution is 5.75. The van der Waals surface area contributed by atoms with Gasteiger partial charge in [-0.1, -0.05) is 18.2 Å². The van der Waals surface area contributed by atoms with Gasteiger partial charge >= 0.3 is 0 Å². The number of carbonyl (C=O) groups is 1. The lowest BCUT2D eigenvalue weighted by atomic mass is 10.2. The highest BCUT2D eigenvalue weighted by atomic mass is 16.5. The molecule has 0 spiro atoms. The second-order valence-electron chi connectivity index (χ2n) is 4.69. The third-order valence-corrected chi connectivity index (χ3v) is 3.15. The highest BCUT2D eigenvalue weighted by Gasteiger charge is 2.14. The van der Waals surface area contributed by atoms with Gasteiger partial charge in [0.15, 0.2) is 0 Å². The average molecular weight is 263 g/mol. The van der Waals surface area contributed by atoms with Crippen LogP contribution in [0.2, 0.25) is 0 Å². The van der Waals surface area contributed by atoms with Gasteiger partial charge in [-0.15, -0.1) is 0 Å². The molecule has 1 aliphatic heterocycles. The van der Waals surface area contributed by atoms with Crippen molar-refractivity contribution in [1.29, 1.82) is 0 Å². The first-order valence-corrected chi connectivity index (χ1v) is 6.91. The number of hydrogen-bond donors (Lipinski definition) is 1. The van der Waals surface area contributed by atoms with E-state index in [1.165, 1.54) is 0 Å². The molecule has 1 saturated heterocycles. The lowest BCUT2D eigenvalue weighted by molar-refractivity contribution is -0.121. The van der Waals surface area contributed by atoms with Crippen LogP contribution in [0.1, 0.15) is 25.7 Å². The molecule has 0 aliphatic carbocycles. The summed E-state index contributed by atoms with van der Waals surface area (Å²) in [6.45, 7) is 1.97. The van der Waals surface area contributed by atoms with Crippen LogP contribution < -0.4 is 10.1 Å². The van der Waals surface area contributed by atoms with Gasteiger partial charge < -0.3 is 14.8 Å². The molecule has 4 heteroatoms. The van der Waals surface area contributed by atoms with Gasteiger partial charge in [-0.05, 0) is 31.4 Å². The normalized spacial score (nSPS) is 18.2. The Morgan fingerprint density at radius 3 is 2.95 bits per heavy atom. The number of hydrogen-bond acceptors (Lipinski definition) is 3. The molecule has 0 radical (unpaired) electrons. The van der Waals surface area contributed by atoms with Crippen LogP contribution in [0.15, 0.2) is 30.3 Å². The largest absolute Gasteiger partial charge is 0.493 e. The van der Waals surface area contributed by atoms with Gasteiger partial charge in [0, 0.05) is 13.2 Å². The van der Waals surface area contributed by atoms with E-state index in [0.717, 1.165) is 31.6 Å². The van der Waals surface area contributed by atoms with Crippen molar-refractivity contribution in [3.05, 3.63) is 30.3 Å². The minimum Gasteiger partial charge on any atom is -0.493 e. The lowest BCUT2D eigenvalue weighted by Crippen LogP contribution is -2.28. The maximum absolute atomic E-state index is 11.6. The summed E-state index contributed by atoms with van der Waals surface area (Å²) in [5.41, 5.74) is 0. The van der Waals surface area contributed by atoms with Crippen LogP contribution in [0.5, 0.6) is 5.75 Å². The maximum atomic E-state index is 11.6. The predicted octanol–water partition coefficient (Wildman–Crippen LogP) is 2.14. The van der Waals surface area contributed by atoms with Crippen molar-refractivity contribution in [2.75, 3.05) is 19.8 Å². The Kier molecular flexibility index (Phi) is 5.69. The smallest absolute Gasteiger partial charge is 0.223 e. The summed E-state index contributed by atoms with van der Waals surface area (Å²) >= 11 is 0. The second kappa shape index (κ2) is 7.79. The quantitative estimate of drug-likeness (QED) is 0.820. The minimum atomic E-state index is 0.0360. The molecular weight excluding hydrogens is 242 g/mol. The van der Waals surface area contributed by atoms with Crippen LogP contribution in [0.25, 0.3) is 0 Å². The molecule has 1 atom stereocenters. The van der Waals surface area contributed by atoms with Crippen molar-refractivity contribution >= 4 is 5.91 Å². The Morgan fingerprint density at radius 1 is 1.37 bits per heavy atom. The Bertz CT molecular complexity index is 374. The van der Waals surface area contributed by atoms with Crippen LogP contribution in [0.4, 0.5) is 0 Å². The van der Waals surface area contributed by atoms with Gasteiger partial charge in [-0.2, -0.15) is 0 Å². The average Bonchev–Trinajstić information content (AvgIpc) is 2.93. The minimum absolute atomic E-state index is 0.0360. The zero-order chi connectivity index (χ0) is 13.3. The van der Waals surface area contributed by atoms with Crippen molar-refractivity contribution in [3.8, 4) is 5.75 Å². The predicted molar refractivity (Wildman–Crippen MR) is 73.2 cm³/mol. The summed E-state index contributed by atoms with van der Waals surface area (Å²) in [4.78, 5) is 11.6. The van der Waals surface area contributed by atoms with Crippen LogP contribution >= 0.6 is 0 Å². The SMILES string of the molecule is O=C(CCOc1ccccc1)NCCC1CCCO1. The maximum Gasteiger partial charge on any atom is 0.223 e. The molecule has 1 N–H and O–H groups in total. The molecule has 1 heterocycles. The molecule has 1 unspecified atom stereocenters. The third kappa shape index (κ3) is 5.30. The molecule has 1 amide bonds. The molecule has 2 rings (SSSR count). The van der Waals surface area contributed by atoms with Crippen molar-refractivity contribution in [3.63, 3.8) is 0 Å². The number of nitrogens with one attached hydrogen (secondary N) is 1. The van der Waals surface area contributed by atoms with Crippen LogP contribution in [0, 0.1) is 0 Å². The zero-order valence-electron chi connectivity index (χ0n) is 11.1. The molecule has 0 aromatic heterocycles. The summed E-state index contributed by atoms with van der Waals surface area (Å²) in [6, 6.07) is 9.53. The van der Waals surface area contributed by atoms with E-state index in [2.05, 4.69) is 5.32 Å². The van der Waals surface area contributed by atoms with E-state index >= 15 is 0 Å². The van der Waals surface area contributed by atoms with Gasteiger partial charge in [-0.25, -0.2) is 0 Å². The summed E-state index contributed by atoms with van der Waals surface area (Å²) in [5.74, 6) is 0.837. The molecule has 4 nitrogen and oxygen atoms in total. The van der Waals surface area contributed by atoms with Gasteiger partial charge in [0.1, 0.15) is 5.75 Å². The first kappa shape index (κ1) is 13.9. The van der Waals surface area contributed by atoms with Gasteiger partial charge in [0.25, 0.3) is 0 Å². The van der Waals surface area contributed by atoms with Crippen LogP contribution in [0.3, 0.4) is 0 Å². The fourth-order valence-electron chi connectivity index (χ4n) is 2.11. The van der Waals surface area contributed by atoms with Crippen molar-refractivity contribution < 1.29 is 14.3 Å². The van der Waals surface area contributed by atoms with Gasteiger partial charge in [0.2, 0.25) is 5.91 Å². The number of amides is 1. The van der Waals surface area contributed by atoms with E-state index in [-0.39, 0.29) is 5.91 Å². The number of rotatable bonds is 7. The third-order valence-electron chi connectivity index (χ3n) is 3.15. The molecule has 104 valence electrons. The summed E-state index contributed by atoms with van der Waals surface area (Å²) < 4.78 is 11.0. The van der Waals surface area contributed by atoms with Gasteiger partial charge in [0.05, 0.1) is 19.1 Å². The second-order valence-corrected chi connectivity index (χ2v) is 4.69. The molecule has 19 heavy (non-hydrogen) atoms. The Balaban J connectivity index is 1.52. The fourth-order valence-corrected chi connectivity index (χ4v) is 2.11. The molecule has 0 bridgehead atoms. The van der Waals surface area contributed by atoms with Gasteiger partial charge in [-0.3, -0.25) is 4.79 Å². The van der Waals surface area contributed by atoms with E-state index < -0.39 is 0 Å². The first-order chi connectivity index (χ1) is 9.34. The lowest BCUT2D eigenvalue weighted by Gasteiger charge is -2.10. The number of ether oxygens (including phenoxy) is 2. The Hall–Kier alpha value is -1.55. The van der Waals surface area contributed by atoms with E-state index in [0.29, 0.717) is 25.7 Å². The monoisotopic (exact) mass is 263 g/mol. The molecular formula is C15H21NO3. The number of benzene rings is 1. The van der Waals surface area contributed by atoms with E-state index in [1.54, 1.807) is 0 Å². The molecule has 0 saturated carbocycles.